The molecule has 1 aliphatic heterocycles. The van der Waals surface area contributed by atoms with E-state index in [-0.39, 0.29) is 17.9 Å². The van der Waals surface area contributed by atoms with Crippen molar-refractivity contribution in [2.75, 3.05) is 4.90 Å². The van der Waals surface area contributed by atoms with E-state index >= 15 is 0 Å². The standard InChI is InChI=1S/C27H25FN4S/c1-17-8-6-10-21(14-17)32-26(25(30-27(32)33)24-12-4-5-13-29-24)23-15-18(2)31(19(23)3)22-11-7-9-20(28)16-22/h4-16,25-26H,1-3H3,(H,30,33). The average molecular weight is 457 g/mol. The van der Waals surface area contributed by atoms with Crippen molar-refractivity contribution < 1.29 is 4.39 Å². The van der Waals surface area contributed by atoms with Crippen molar-refractivity contribution in [1.29, 1.82) is 0 Å². The molecule has 0 saturated carbocycles. The molecule has 33 heavy (non-hydrogen) atoms. The summed E-state index contributed by atoms with van der Waals surface area (Å²) in [5, 5.41) is 4.18. The summed E-state index contributed by atoms with van der Waals surface area (Å²) in [5.74, 6) is -0.252. The Labute approximate surface area is 198 Å². The normalized spacial score (nSPS) is 17.9. The van der Waals surface area contributed by atoms with Crippen LogP contribution < -0.4 is 10.2 Å². The Morgan fingerprint density at radius 1 is 0.909 bits per heavy atom. The van der Waals surface area contributed by atoms with Crippen LogP contribution in [0.25, 0.3) is 5.69 Å². The lowest BCUT2D eigenvalue weighted by molar-refractivity contribution is 0.565. The Kier molecular flexibility index (Phi) is 5.46. The van der Waals surface area contributed by atoms with Gasteiger partial charge < -0.3 is 14.8 Å². The Morgan fingerprint density at radius 2 is 1.70 bits per heavy atom. The molecule has 2 atom stereocenters. The molecule has 1 N–H and O–H groups in total. The number of rotatable bonds is 4. The first-order chi connectivity index (χ1) is 15.9. The molecule has 166 valence electrons. The quantitative estimate of drug-likeness (QED) is 0.376. The summed E-state index contributed by atoms with van der Waals surface area (Å²) in [4.78, 5) is 6.82. The topological polar surface area (TPSA) is 33.1 Å². The maximum Gasteiger partial charge on any atom is 0.174 e. The van der Waals surface area contributed by atoms with Crippen LogP contribution >= 0.6 is 12.2 Å². The first-order valence-corrected chi connectivity index (χ1v) is 11.4. The fourth-order valence-corrected chi connectivity index (χ4v) is 5.17. The summed E-state index contributed by atoms with van der Waals surface area (Å²) in [6.07, 6.45) is 1.81. The Bertz CT molecular complexity index is 1330. The van der Waals surface area contributed by atoms with E-state index in [1.807, 2.05) is 30.5 Å². The summed E-state index contributed by atoms with van der Waals surface area (Å²) in [6.45, 7) is 6.21. The zero-order chi connectivity index (χ0) is 23.1. The third kappa shape index (κ3) is 3.80. The molecule has 0 aliphatic carbocycles. The van der Waals surface area contributed by atoms with Gasteiger partial charge in [0.2, 0.25) is 0 Å². The molecule has 2 aromatic carbocycles. The molecule has 4 aromatic rings. The largest absolute Gasteiger partial charge is 0.351 e. The summed E-state index contributed by atoms with van der Waals surface area (Å²) in [5.41, 5.74) is 7.15. The highest BCUT2D eigenvalue weighted by Crippen LogP contribution is 2.43. The van der Waals surface area contributed by atoms with Crippen LogP contribution in [0.15, 0.2) is 79.0 Å². The van der Waals surface area contributed by atoms with E-state index in [2.05, 4.69) is 70.9 Å². The number of nitrogens with one attached hydrogen (secondary N) is 1. The molecular formula is C27H25FN4S. The van der Waals surface area contributed by atoms with Gasteiger partial charge in [-0.05, 0) is 92.6 Å². The molecule has 0 amide bonds. The fourth-order valence-electron chi connectivity index (χ4n) is 4.83. The van der Waals surface area contributed by atoms with Gasteiger partial charge in [-0.25, -0.2) is 4.39 Å². The molecule has 4 nitrogen and oxygen atoms in total. The highest BCUT2D eigenvalue weighted by molar-refractivity contribution is 7.80. The summed E-state index contributed by atoms with van der Waals surface area (Å²) in [7, 11) is 0. The molecule has 1 aliphatic rings. The number of thiocarbonyl (C=S) groups is 1. The lowest BCUT2D eigenvalue weighted by Gasteiger charge is -2.28. The third-order valence-electron chi connectivity index (χ3n) is 6.23. The number of nitrogens with zero attached hydrogens (tertiary/aromatic N) is 3. The van der Waals surface area contributed by atoms with Crippen molar-refractivity contribution in [1.82, 2.24) is 14.9 Å². The van der Waals surface area contributed by atoms with Crippen LogP contribution in [0.2, 0.25) is 0 Å². The smallest absolute Gasteiger partial charge is 0.174 e. The molecule has 0 spiro atoms. The predicted octanol–water partition coefficient (Wildman–Crippen LogP) is 6.11. The molecule has 1 fully saturated rings. The van der Waals surface area contributed by atoms with Crippen LogP contribution in [0.3, 0.4) is 0 Å². The maximum atomic E-state index is 14.0. The van der Waals surface area contributed by atoms with E-state index in [9.17, 15) is 4.39 Å². The summed E-state index contributed by atoms with van der Waals surface area (Å²) >= 11 is 5.84. The third-order valence-corrected chi connectivity index (χ3v) is 6.55. The monoisotopic (exact) mass is 456 g/mol. The SMILES string of the molecule is Cc1cccc(N2C(=S)NC(c3ccccn3)C2c2cc(C)n(-c3cccc(F)c3)c2C)c1. The Morgan fingerprint density at radius 3 is 2.42 bits per heavy atom. The number of aromatic nitrogens is 2. The lowest BCUT2D eigenvalue weighted by Crippen LogP contribution is -2.29. The van der Waals surface area contributed by atoms with Crippen LogP contribution in [0.4, 0.5) is 10.1 Å². The molecule has 1 saturated heterocycles. The summed E-state index contributed by atoms with van der Waals surface area (Å²) < 4.78 is 16.1. The summed E-state index contributed by atoms with van der Waals surface area (Å²) in [6, 6.07) is 22.9. The van der Waals surface area contributed by atoms with Crippen LogP contribution in [-0.2, 0) is 0 Å². The van der Waals surface area contributed by atoms with Gasteiger partial charge in [0.05, 0.1) is 17.8 Å². The van der Waals surface area contributed by atoms with E-state index in [1.54, 1.807) is 12.1 Å². The van der Waals surface area contributed by atoms with Crippen molar-refractivity contribution in [3.63, 3.8) is 0 Å². The van der Waals surface area contributed by atoms with E-state index in [0.717, 1.165) is 34.0 Å². The Balaban J connectivity index is 1.69. The number of halogens is 1. The molecule has 3 heterocycles. The molecule has 2 aromatic heterocycles. The average Bonchev–Trinajstić information content (AvgIpc) is 3.29. The van der Waals surface area contributed by atoms with E-state index < -0.39 is 0 Å². The van der Waals surface area contributed by atoms with E-state index in [1.165, 1.54) is 11.6 Å². The van der Waals surface area contributed by atoms with Crippen molar-refractivity contribution in [3.8, 4) is 5.69 Å². The van der Waals surface area contributed by atoms with Crippen LogP contribution in [0.1, 0.15) is 40.3 Å². The van der Waals surface area contributed by atoms with Gasteiger partial charge in [0.15, 0.2) is 5.11 Å². The van der Waals surface area contributed by atoms with Crippen molar-refractivity contribution in [2.45, 2.75) is 32.9 Å². The highest BCUT2D eigenvalue weighted by Gasteiger charge is 2.42. The number of aryl methyl sites for hydroxylation is 2. The number of hydrogen-bond donors (Lipinski definition) is 1. The molecule has 2 unspecified atom stereocenters. The number of hydrogen-bond acceptors (Lipinski definition) is 2. The van der Waals surface area contributed by atoms with Gasteiger partial charge in [-0.1, -0.05) is 24.3 Å². The first-order valence-electron chi connectivity index (χ1n) is 11.0. The van der Waals surface area contributed by atoms with E-state index in [4.69, 9.17) is 12.2 Å². The van der Waals surface area contributed by atoms with Gasteiger partial charge in [-0.2, -0.15) is 0 Å². The predicted molar refractivity (Wildman–Crippen MR) is 134 cm³/mol. The molecule has 0 radical (unpaired) electrons. The minimum absolute atomic E-state index is 0.109. The van der Waals surface area contributed by atoms with E-state index in [0.29, 0.717) is 5.11 Å². The Hall–Kier alpha value is -3.51. The second-order valence-electron chi connectivity index (χ2n) is 8.48. The second kappa shape index (κ2) is 8.45. The molecular weight excluding hydrogens is 431 g/mol. The maximum absolute atomic E-state index is 14.0. The minimum Gasteiger partial charge on any atom is -0.351 e. The van der Waals surface area contributed by atoms with Gasteiger partial charge >= 0.3 is 0 Å². The second-order valence-corrected chi connectivity index (χ2v) is 8.86. The van der Waals surface area contributed by atoms with Crippen molar-refractivity contribution >= 4 is 23.0 Å². The fraction of sp³-hybridized carbons (Fsp3) is 0.185. The number of anilines is 1. The highest BCUT2D eigenvalue weighted by atomic mass is 32.1. The first kappa shape index (κ1) is 21.3. The van der Waals surface area contributed by atoms with Crippen LogP contribution in [0, 0.1) is 26.6 Å². The van der Waals surface area contributed by atoms with Crippen molar-refractivity contribution in [2.24, 2.45) is 0 Å². The van der Waals surface area contributed by atoms with Crippen LogP contribution in [0.5, 0.6) is 0 Å². The minimum atomic E-state index is -0.252. The van der Waals surface area contributed by atoms with Gasteiger partial charge in [0.25, 0.3) is 0 Å². The van der Waals surface area contributed by atoms with Crippen molar-refractivity contribution in [3.05, 3.63) is 113 Å². The van der Waals surface area contributed by atoms with Gasteiger partial charge in [-0.15, -0.1) is 0 Å². The molecule has 0 bridgehead atoms. The zero-order valence-electron chi connectivity index (χ0n) is 18.8. The molecule has 6 heteroatoms. The van der Waals surface area contributed by atoms with Gasteiger partial charge in [-0.3, -0.25) is 4.98 Å². The van der Waals surface area contributed by atoms with Gasteiger partial charge in [0.1, 0.15) is 5.82 Å². The van der Waals surface area contributed by atoms with Crippen LogP contribution in [-0.4, -0.2) is 14.7 Å². The number of benzene rings is 2. The lowest BCUT2D eigenvalue weighted by atomic mass is 9.96. The van der Waals surface area contributed by atoms with Gasteiger partial charge in [0, 0.05) is 29.0 Å². The zero-order valence-corrected chi connectivity index (χ0v) is 19.6. The number of pyridine rings is 1. The molecule has 5 rings (SSSR count).